The Morgan fingerprint density at radius 2 is 2.04 bits per heavy atom. The lowest BCUT2D eigenvalue weighted by molar-refractivity contribution is -0.142. The zero-order valence-corrected chi connectivity index (χ0v) is 14.3. The summed E-state index contributed by atoms with van der Waals surface area (Å²) in [5.41, 5.74) is 1.89. The standard InChI is InChI=1S/C16H21N3O3S/c1-10(16(21)22)8-19(3)14(20)9-23-11(2)15-17-12-6-4-5-7-13(12)18-15/h4-7,10-11H,8-9H2,1-3H3,(H,17,18)(H,21,22). The number of para-hydroxylation sites is 2. The van der Waals surface area contributed by atoms with Gasteiger partial charge < -0.3 is 15.0 Å². The van der Waals surface area contributed by atoms with E-state index in [1.54, 1.807) is 14.0 Å². The number of rotatable bonds is 7. The number of thioether (sulfide) groups is 1. The Kier molecular flexibility index (Phi) is 5.65. The molecule has 0 saturated heterocycles. The summed E-state index contributed by atoms with van der Waals surface area (Å²) in [7, 11) is 1.63. The van der Waals surface area contributed by atoms with Crippen LogP contribution >= 0.6 is 11.8 Å². The van der Waals surface area contributed by atoms with E-state index in [4.69, 9.17) is 5.11 Å². The van der Waals surface area contributed by atoms with E-state index in [1.807, 2.05) is 31.2 Å². The highest BCUT2D eigenvalue weighted by molar-refractivity contribution is 8.00. The first-order chi connectivity index (χ1) is 10.9. The van der Waals surface area contributed by atoms with Crippen LogP contribution in [0.4, 0.5) is 0 Å². The fraction of sp³-hybridized carbons (Fsp3) is 0.438. The van der Waals surface area contributed by atoms with Crippen LogP contribution in [0, 0.1) is 5.92 Å². The molecule has 6 nitrogen and oxygen atoms in total. The molecule has 2 rings (SSSR count). The Hall–Kier alpha value is -2.02. The molecule has 0 spiro atoms. The first-order valence-corrected chi connectivity index (χ1v) is 8.46. The van der Waals surface area contributed by atoms with E-state index >= 15 is 0 Å². The number of hydrogen-bond acceptors (Lipinski definition) is 4. The summed E-state index contributed by atoms with van der Waals surface area (Å²) in [4.78, 5) is 32.2. The van der Waals surface area contributed by atoms with Gasteiger partial charge in [0.1, 0.15) is 5.82 Å². The molecule has 0 fully saturated rings. The van der Waals surface area contributed by atoms with Crippen molar-refractivity contribution >= 4 is 34.7 Å². The Balaban J connectivity index is 1.89. The van der Waals surface area contributed by atoms with Crippen LogP contribution in [0.15, 0.2) is 24.3 Å². The van der Waals surface area contributed by atoms with Crippen molar-refractivity contribution in [3.8, 4) is 0 Å². The molecule has 0 aliphatic heterocycles. The van der Waals surface area contributed by atoms with Gasteiger partial charge in [-0.05, 0) is 19.1 Å². The van der Waals surface area contributed by atoms with E-state index in [2.05, 4.69) is 9.97 Å². The number of benzene rings is 1. The van der Waals surface area contributed by atoms with Crippen LogP contribution in [-0.2, 0) is 9.59 Å². The number of aromatic amines is 1. The van der Waals surface area contributed by atoms with Gasteiger partial charge in [0.15, 0.2) is 0 Å². The zero-order valence-electron chi connectivity index (χ0n) is 13.4. The number of imidazole rings is 1. The van der Waals surface area contributed by atoms with Gasteiger partial charge in [-0.25, -0.2) is 4.98 Å². The third kappa shape index (κ3) is 4.48. The number of carbonyl (C=O) groups excluding carboxylic acids is 1. The van der Waals surface area contributed by atoms with E-state index in [0.717, 1.165) is 16.9 Å². The molecule has 1 aromatic heterocycles. The molecule has 0 bridgehead atoms. The van der Waals surface area contributed by atoms with Crippen molar-refractivity contribution in [2.24, 2.45) is 5.92 Å². The van der Waals surface area contributed by atoms with Gasteiger partial charge in [0.05, 0.1) is 28.0 Å². The van der Waals surface area contributed by atoms with Gasteiger partial charge >= 0.3 is 5.97 Å². The number of fused-ring (bicyclic) bond motifs is 1. The first kappa shape index (κ1) is 17.3. The second-order valence-electron chi connectivity index (χ2n) is 5.61. The number of carboxylic acid groups (broad SMARTS) is 1. The van der Waals surface area contributed by atoms with E-state index in [0.29, 0.717) is 5.75 Å². The molecule has 1 aromatic carbocycles. The summed E-state index contributed by atoms with van der Waals surface area (Å²) in [6.07, 6.45) is 0. The Bertz CT molecular complexity index is 668. The summed E-state index contributed by atoms with van der Waals surface area (Å²) in [5.74, 6) is -0.410. The number of aliphatic carboxylic acids is 1. The fourth-order valence-corrected chi connectivity index (χ4v) is 3.02. The summed E-state index contributed by atoms with van der Waals surface area (Å²) >= 11 is 1.48. The smallest absolute Gasteiger partial charge is 0.308 e. The minimum Gasteiger partial charge on any atom is -0.481 e. The lowest BCUT2D eigenvalue weighted by atomic mass is 10.2. The molecule has 2 aromatic rings. The molecule has 2 atom stereocenters. The Morgan fingerprint density at radius 1 is 1.35 bits per heavy atom. The number of nitrogens with one attached hydrogen (secondary N) is 1. The Labute approximate surface area is 139 Å². The van der Waals surface area contributed by atoms with Gasteiger partial charge in [-0.15, -0.1) is 11.8 Å². The maximum atomic E-state index is 12.1. The number of H-pyrrole nitrogens is 1. The Morgan fingerprint density at radius 3 is 2.70 bits per heavy atom. The fourth-order valence-electron chi connectivity index (χ4n) is 2.14. The highest BCUT2D eigenvalue weighted by Crippen LogP contribution is 2.27. The topological polar surface area (TPSA) is 86.3 Å². The van der Waals surface area contributed by atoms with E-state index in [1.165, 1.54) is 16.7 Å². The second-order valence-corrected chi connectivity index (χ2v) is 6.94. The third-order valence-corrected chi connectivity index (χ3v) is 4.78. The molecule has 2 N–H and O–H groups in total. The molecule has 0 aliphatic rings. The van der Waals surface area contributed by atoms with Crippen LogP contribution in [0.5, 0.6) is 0 Å². The number of aromatic nitrogens is 2. The molecular formula is C16H21N3O3S. The molecule has 0 radical (unpaired) electrons. The van der Waals surface area contributed by atoms with Crippen molar-refractivity contribution in [3.05, 3.63) is 30.1 Å². The molecule has 23 heavy (non-hydrogen) atoms. The van der Waals surface area contributed by atoms with Gasteiger partial charge in [0, 0.05) is 13.6 Å². The van der Waals surface area contributed by atoms with Crippen LogP contribution < -0.4 is 0 Å². The van der Waals surface area contributed by atoms with Gasteiger partial charge in [-0.1, -0.05) is 19.1 Å². The number of amides is 1. The lowest BCUT2D eigenvalue weighted by Gasteiger charge is -2.20. The molecule has 7 heteroatoms. The average molecular weight is 335 g/mol. The van der Waals surface area contributed by atoms with Gasteiger partial charge in [-0.3, -0.25) is 9.59 Å². The van der Waals surface area contributed by atoms with E-state index < -0.39 is 11.9 Å². The van der Waals surface area contributed by atoms with Crippen LogP contribution in [-0.4, -0.2) is 51.2 Å². The largest absolute Gasteiger partial charge is 0.481 e. The second kappa shape index (κ2) is 7.50. The van der Waals surface area contributed by atoms with Gasteiger partial charge in [-0.2, -0.15) is 0 Å². The molecule has 1 amide bonds. The molecule has 0 aliphatic carbocycles. The van der Waals surface area contributed by atoms with Gasteiger partial charge in [0.25, 0.3) is 0 Å². The van der Waals surface area contributed by atoms with Crippen LogP contribution in [0.3, 0.4) is 0 Å². The van der Waals surface area contributed by atoms with Crippen molar-refractivity contribution in [2.75, 3.05) is 19.3 Å². The number of carboxylic acids is 1. The number of hydrogen-bond donors (Lipinski definition) is 2. The van der Waals surface area contributed by atoms with Crippen molar-refractivity contribution in [1.29, 1.82) is 0 Å². The maximum absolute atomic E-state index is 12.1. The van der Waals surface area contributed by atoms with E-state index in [9.17, 15) is 9.59 Å². The summed E-state index contributed by atoms with van der Waals surface area (Å²) in [6.45, 7) is 3.81. The van der Waals surface area contributed by atoms with Crippen LogP contribution in [0.25, 0.3) is 11.0 Å². The van der Waals surface area contributed by atoms with Gasteiger partial charge in [0.2, 0.25) is 5.91 Å². The maximum Gasteiger partial charge on any atom is 0.308 e. The number of nitrogens with zero attached hydrogens (tertiary/aromatic N) is 2. The predicted molar refractivity (Wildman–Crippen MR) is 91.4 cm³/mol. The summed E-state index contributed by atoms with van der Waals surface area (Å²) in [6, 6.07) is 7.80. The normalized spacial score (nSPS) is 13.7. The predicted octanol–water partition coefficient (Wildman–Crippen LogP) is 2.54. The number of carbonyl (C=O) groups is 2. The SMILES string of the molecule is CC(CN(C)C(=O)CSC(C)c1nc2ccccc2[nH]1)C(=O)O. The highest BCUT2D eigenvalue weighted by atomic mass is 32.2. The summed E-state index contributed by atoms with van der Waals surface area (Å²) in [5, 5.41) is 8.95. The minimum absolute atomic E-state index is 0.0525. The van der Waals surface area contributed by atoms with Crippen molar-refractivity contribution in [3.63, 3.8) is 0 Å². The average Bonchev–Trinajstić information content (AvgIpc) is 2.96. The van der Waals surface area contributed by atoms with Crippen LogP contribution in [0.2, 0.25) is 0 Å². The van der Waals surface area contributed by atoms with Crippen molar-refractivity contribution in [2.45, 2.75) is 19.1 Å². The molecular weight excluding hydrogens is 314 g/mol. The van der Waals surface area contributed by atoms with Crippen molar-refractivity contribution in [1.82, 2.24) is 14.9 Å². The third-order valence-electron chi connectivity index (χ3n) is 3.64. The molecule has 124 valence electrons. The van der Waals surface area contributed by atoms with E-state index in [-0.39, 0.29) is 17.7 Å². The molecule has 2 unspecified atom stereocenters. The monoisotopic (exact) mass is 335 g/mol. The molecule has 0 saturated carbocycles. The highest BCUT2D eigenvalue weighted by Gasteiger charge is 2.19. The molecule has 1 heterocycles. The lowest BCUT2D eigenvalue weighted by Crippen LogP contribution is -2.34. The summed E-state index contributed by atoms with van der Waals surface area (Å²) < 4.78 is 0. The first-order valence-electron chi connectivity index (χ1n) is 7.41. The quantitative estimate of drug-likeness (QED) is 0.812. The minimum atomic E-state index is -0.895. The van der Waals surface area contributed by atoms with Crippen molar-refractivity contribution < 1.29 is 14.7 Å². The van der Waals surface area contributed by atoms with Crippen LogP contribution in [0.1, 0.15) is 24.9 Å². The zero-order chi connectivity index (χ0) is 17.0.